The summed E-state index contributed by atoms with van der Waals surface area (Å²) in [5, 5.41) is 4.28. The van der Waals surface area contributed by atoms with Gasteiger partial charge in [0, 0.05) is 12.5 Å². The summed E-state index contributed by atoms with van der Waals surface area (Å²) in [5.74, 6) is -0.706. The second kappa shape index (κ2) is 7.17. The number of carbonyl (C=O) groups is 1. The van der Waals surface area contributed by atoms with Crippen molar-refractivity contribution >= 4 is 15.8 Å². The second-order valence-electron chi connectivity index (χ2n) is 5.85. The zero-order valence-corrected chi connectivity index (χ0v) is 14.9. The van der Waals surface area contributed by atoms with Crippen molar-refractivity contribution in [1.29, 1.82) is 0 Å². The summed E-state index contributed by atoms with van der Waals surface area (Å²) in [7, 11) is -3.60. The van der Waals surface area contributed by atoms with E-state index in [1.807, 2.05) is 36.5 Å². The highest BCUT2D eigenvalue weighted by Crippen LogP contribution is 2.25. The lowest BCUT2D eigenvalue weighted by Crippen LogP contribution is -2.44. The minimum atomic E-state index is -3.60. The van der Waals surface area contributed by atoms with Gasteiger partial charge in [-0.25, -0.2) is 13.1 Å². The van der Waals surface area contributed by atoms with Crippen LogP contribution in [0, 0.1) is 0 Å². The van der Waals surface area contributed by atoms with Gasteiger partial charge < -0.3 is 4.74 Å². The Hall–Kier alpha value is -2.15. The molecule has 6 nitrogen and oxygen atoms in total. The number of hydrogen-bond acceptors (Lipinski definition) is 5. The minimum absolute atomic E-state index is 0.144. The van der Waals surface area contributed by atoms with Gasteiger partial charge in [-0.2, -0.15) is 5.10 Å². The fourth-order valence-corrected chi connectivity index (χ4v) is 3.15. The first kappa shape index (κ1) is 18.2. The quantitative estimate of drug-likeness (QED) is 0.715. The van der Waals surface area contributed by atoms with E-state index in [4.69, 9.17) is 4.74 Å². The van der Waals surface area contributed by atoms with Gasteiger partial charge in [0.15, 0.2) is 14.6 Å². The molecule has 0 fully saturated rings. The summed E-state index contributed by atoms with van der Waals surface area (Å²) in [4.78, 5) is 12.1. The smallest absolute Gasteiger partial charge is 0.327 e. The summed E-state index contributed by atoms with van der Waals surface area (Å²) < 4.78 is 29.3. The summed E-state index contributed by atoms with van der Waals surface area (Å²) in [6.07, 6.45) is 5.14. The first-order valence-corrected chi connectivity index (χ1v) is 9.63. The number of para-hydroxylation sites is 1. The predicted molar refractivity (Wildman–Crippen MR) is 91.8 cm³/mol. The average Bonchev–Trinajstić information content (AvgIpc) is 3.01. The Morgan fingerprint density at radius 3 is 2.54 bits per heavy atom. The lowest BCUT2D eigenvalue weighted by atomic mass is 10.0. The van der Waals surface area contributed by atoms with Gasteiger partial charge >= 0.3 is 5.97 Å². The van der Waals surface area contributed by atoms with Crippen molar-refractivity contribution in [2.45, 2.75) is 31.4 Å². The highest BCUT2D eigenvalue weighted by Gasteiger charge is 2.44. The molecule has 2 rings (SSSR count). The van der Waals surface area contributed by atoms with E-state index < -0.39 is 20.6 Å². The van der Waals surface area contributed by atoms with Crippen LogP contribution in [0.5, 0.6) is 0 Å². The van der Waals surface area contributed by atoms with Crippen LogP contribution in [0.3, 0.4) is 0 Å². The molecule has 0 spiro atoms. The van der Waals surface area contributed by atoms with E-state index in [0.717, 1.165) is 17.5 Å². The van der Waals surface area contributed by atoms with E-state index in [2.05, 4.69) is 5.10 Å². The maximum atomic E-state index is 12.1. The number of rotatable bonds is 7. The molecule has 1 aromatic carbocycles. The molecule has 0 amide bonds. The van der Waals surface area contributed by atoms with E-state index in [9.17, 15) is 13.2 Å². The first-order valence-electron chi connectivity index (χ1n) is 7.73. The number of ether oxygens (including phenoxy) is 1. The molecular formula is C17H22N2O4S. The van der Waals surface area contributed by atoms with Gasteiger partial charge in [0.25, 0.3) is 0 Å². The molecule has 1 aromatic heterocycles. The highest BCUT2D eigenvalue weighted by molar-refractivity contribution is 7.92. The van der Waals surface area contributed by atoms with Crippen LogP contribution in [0.25, 0.3) is 5.69 Å². The predicted octanol–water partition coefficient (Wildman–Crippen LogP) is 2.17. The van der Waals surface area contributed by atoms with E-state index in [1.54, 1.807) is 17.8 Å². The molecule has 0 aliphatic rings. The molecule has 0 bridgehead atoms. The van der Waals surface area contributed by atoms with Crippen LogP contribution in [0.1, 0.15) is 25.8 Å². The zero-order valence-electron chi connectivity index (χ0n) is 14.1. The molecule has 0 aliphatic heterocycles. The Balaban J connectivity index is 2.16. The molecule has 7 heteroatoms. The van der Waals surface area contributed by atoms with Crippen LogP contribution in [0.4, 0.5) is 0 Å². The minimum Gasteiger partial charge on any atom is -0.465 e. The Labute approximate surface area is 142 Å². The largest absolute Gasteiger partial charge is 0.465 e. The van der Waals surface area contributed by atoms with Crippen LogP contribution in [-0.4, -0.2) is 41.8 Å². The van der Waals surface area contributed by atoms with Crippen molar-refractivity contribution in [3.63, 3.8) is 0 Å². The molecule has 2 aromatic rings. The number of hydrogen-bond donors (Lipinski definition) is 0. The maximum absolute atomic E-state index is 12.1. The molecule has 1 unspecified atom stereocenters. The second-order valence-corrected chi connectivity index (χ2v) is 8.30. The Bertz CT molecular complexity index is 799. The number of sulfone groups is 1. The number of nitrogens with zero attached hydrogens (tertiary/aromatic N) is 2. The fraction of sp³-hybridized carbons (Fsp3) is 0.412. The average molecular weight is 350 g/mol. The maximum Gasteiger partial charge on any atom is 0.327 e. The third kappa shape index (κ3) is 3.84. The van der Waals surface area contributed by atoms with Gasteiger partial charge in [-0.15, -0.1) is 0 Å². The standard InChI is InChI=1S/C17H22N2O4S/c1-4-23-16(20)17(2,24(3,21)22)11-10-14-12-18-19(13-14)15-8-6-5-7-9-15/h5-9,12-13H,4,10-11H2,1-3H3. The van der Waals surface area contributed by atoms with Crippen molar-refractivity contribution in [1.82, 2.24) is 9.78 Å². The molecule has 24 heavy (non-hydrogen) atoms. The lowest BCUT2D eigenvalue weighted by Gasteiger charge is -2.24. The van der Waals surface area contributed by atoms with Gasteiger partial charge in [0.2, 0.25) is 0 Å². The van der Waals surface area contributed by atoms with E-state index in [0.29, 0.717) is 6.42 Å². The topological polar surface area (TPSA) is 78.3 Å². The molecule has 0 saturated carbocycles. The summed E-state index contributed by atoms with van der Waals surface area (Å²) in [6.45, 7) is 3.22. The number of aromatic nitrogens is 2. The van der Waals surface area contributed by atoms with Gasteiger partial charge in [-0.3, -0.25) is 4.79 Å². The molecule has 0 saturated heterocycles. The van der Waals surface area contributed by atoms with Crippen molar-refractivity contribution in [2.24, 2.45) is 0 Å². The normalized spacial score (nSPS) is 14.1. The number of benzene rings is 1. The summed E-state index contributed by atoms with van der Waals surface area (Å²) >= 11 is 0. The van der Waals surface area contributed by atoms with E-state index in [1.165, 1.54) is 6.92 Å². The fourth-order valence-electron chi connectivity index (χ4n) is 2.32. The third-order valence-corrected chi connectivity index (χ3v) is 6.08. The van der Waals surface area contributed by atoms with Gasteiger partial charge in [-0.1, -0.05) is 18.2 Å². The zero-order chi connectivity index (χ0) is 17.8. The van der Waals surface area contributed by atoms with Gasteiger partial charge in [-0.05, 0) is 44.4 Å². The molecule has 0 aliphatic carbocycles. The van der Waals surface area contributed by atoms with Crippen LogP contribution in [-0.2, 0) is 25.8 Å². The molecule has 130 valence electrons. The molecular weight excluding hydrogens is 328 g/mol. The Morgan fingerprint density at radius 2 is 1.96 bits per heavy atom. The van der Waals surface area contributed by atoms with Gasteiger partial charge in [0.05, 0.1) is 18.5 Å². The summed E-state index contributed by atoms with van der Waals surface area (Å²) in [5.41, 5.74) is 1.78. The number of carbonyl (C=O) groups excluding carboxylic acids is 1. The Morgan fingerprint density at radius 1 is 1.29 bits per heavy atom. The van der Waals surface area contributed by atoms with Crippen molar-refractivity contribution in [3.05, 3.63) is 48.3 Å². The van der Waals surface area contributed by atoms with Crippen LogP contribution in [0.2, 0.25) is 0 Å². The van der Waals surface area contributed by atoms with Crippen molar-refractivity contribution in [2.75, 3.05) is 12.9 Å². The van der Waals surface area contributed by atoms with Crippen molar-refractivity contribution in [3.8, 4) is 5.69 Å². The molecule has 1 heterocycles. The Kier molecular flexibility index (Phi) is 5.43. The number of aryl methyl sites for hydroxylation is 1. The van der Waals surface area contributed by atoms with Crippen LogP contribution < -0.4 is 0 Å². The first-order chi connectivity index (χ1) is 11.3. The van der Waals surface area contributed by atoms with E-state index >= 15 is 0 Å². The molecule has 0 N–H and O–H groups in total. The van der Waals surface area contributed by atoms with Gasteiger partial charge in [0.1, 0.15) is 0 Å². The SMILES string of the molecule is CCOC(=O)C(C)(CCc1cnn(-c2ccccc2)c1)S(C)(=O)=O. The van der Waals surface area contributed by atoms with E-state index in [-0.39, 0.29) is 13.0 Å². The molecule has 0 radical (unpaired) electrons. The lowest BCUT2D eigenvalue weighted by molar-refractivity contribution is -0.146. The highest BCUT2D eigenvalue weighted by atomic mass is 32.2. The summed E-state index contributed by atoms with van der Waals surface area (Å²) in [6, 6.07) is 9.60. The molecule has 1 atom stereocenters. The number of esters is 1. The van der Waals surface area contributed by atoms with Crippen LogP contribution >= 0.6 is 0 Å². The van der Waals surface area contributed by atoms with Crippen LogP contribution in [0.15, 0.2) is 42.7 Å². The third-order valence-electron chi connectivity index (χ3n) is 4.07. The monoisotopic (exact) mass is 350 g/mol. The van der Waals surface area contributed by atoms with Crippen molar-refractivity contribution < 1.29 is 17.9 Å².